The Morgan fingerprint density at radius 1 is 1.50 bits per heavy atom. The van der Waals surface area contributed by atoms with E-state index in [1.54, 1.807) is 42.3 Å². The van der Waals surface area contributed by atoms with Crippen molar-refractivity contribution in [1.82, 2.24) is 14.8 Å². The van der Waals surface area contributed by atoms with E-state index in [0.717, 1.165) is 5.69 Å². The minimum atomic E-state index is -0.371. The monoisotopic (exact) mass is 217 g/mol. The van der Waals surface area contributed by atoms with E-state index >= 15 is 0 Å². The molecule has 0 saturated heterocycles. The second-order valence-corrected chi connectivity index (χ2v) is 3.10. The summed E-state index contributed by atoms with van der Waals surface area (Å²) in [5.74, 6) is -0.371. The first kappa shape index (κ1) is 10.4. The quantitative estimate of drug-likeness (QED) is 0.730. The predicted molar refractivity (Wildman–Crippen MR) is 57.3 cm³/mol. The maximum Gasteiger partial charge on any atom is 0.339 e. The summed E-state index contributed by atoms with van der Waals surface area (Å²) in [4.78, 5) is 15.5. The lowest BCUT2D eigenvalue weighted by molar-refractivity contribution is 0.0526. The molecule has 16 heavy (non-hydrogen) atoms. The highest BCUT2D eigenvalue weighted by Gasteiger charge is 2.08. The smallest absolute Gasteiger partial charge is 0.339 e. The van der Waals surface area contributed by atoms with Crippen LogP contribution >= 0.6 is 0 Å². The number of ether oxygens (including phenoxy) is 1. The van der Waals surface area contributed by atoms with Crippen LogP contribution in [-0.2, 0) is 4.74 Å². The summed E-state index contributed by atoms with van der Waals surface area (Å²) in [5.41, 5.74) is 1.16. The molecule has 0 fully saturated rings. The van der Waals surface area contributed by atoms with E-state index in [0.29, 0.717) is 12.2 Å². The fourth-order valence-electron chi connectivity index (χ4n) is 1.30. The van der Waals surface area contributed by atoms with Gasteiger partial charge in [-0.3, -0.25) is 4.98 Å². The Bertz CT molecular complexity index is 480. The average Bonchev–Trinajstić information content (AvgIpc) is 2.83. The normalized spacial score (nSPS) is 10.1. The molecule has 0 amide bonds. The Hall–Kier alpha value is -2.17. The van der Waals surface area contributed by atoms with Crippen LogP contribution in [0.25, 0.3) is 5.69 Å². The Balaban J connectivity index is 2.30. The number of nitrogens with zero attached hydrogens (tertiary/aromatic N) is 3. The molecule has 5 heteroatoms. The van der Waals surface area contributed by atoms with Crippen molar-refractivity contribution in [3.05, 3.63) is 42.5 Å². The zero-order valence-corrected chi connectivity index (χ0v) is 8.83. The van der Waals surface area contributed by atoms with E-state index < -0.39 is 0 Å². The van der Waals surface area contributed by atoms with E-state index in [4.69, 9.17) is 4.74 Å². The predicted octanol–water partition coefficient (Wildman–Crippen LogP) is 1.44. The van der Waals surface area contributed by atoms with Crippen molar-refractivity contribution in [3.63, 3.8) is 0 Å². The molecule has 0 spiro atoms. The molecule has 0 aromatic carbocycles. The zero-order valence-electron chi connectivity index (χ0n) is 8.83. The fraction of sp³-hybridized carbons (Fsp3) is 0.182. The number of carbonyl (C=O) groups is 1. The molecule has 2 aromatic heterocycles. The second kappa shape index (κ2) is 4.57. The number of esters is 1. The van der Waals surface area contributed by atoms with Crippen molar-refractivity contribution in [2.45, 2.75) is 6.92 Å². The van der Waals surface area contributed by atoms with Gasteiger partial charge in [-0.15, -0.1) is 0 Å². The van der Waals surface area contributed by atoms with Crippen LogP contribution in [0, 0.1) is 0 Å². The topological polar surface area (TPSA) is 57.0 Å². The molecule has 0 radical (unpaired) electrons. The van der Waals surface area contributed by atoms with Gasteiger partial charge in [0.05, 0.1) is 24.1 Å². The van der Waals surface area contributed by atoms with Crippen LogP contribution in [-0.4, -0.2) is 27.3 Å². The first-order valence-electron chi connectivity index (χ1n) is 4.93. The van der Waals surface area contributed by atoms with Gasteiger partial charge in [0.15, 0.2) is 0 Å². The lowest BCUT2D eigenvalue weighted by Gasteiger charge is -2.04. The average molecular weight is 217 g/mol. The van der Waals surface area contributed by atoms with E-state index in [1.807, 2.05) is 0 Å². The van der Waals surface area contributed by atoms with Gasteiger partial charge >= 0.3 is 5.97 Å². The SMILES string of the molecule is CCOC(=O)c1cncc(-n2cccn2)c1. The standard InChI is InChI=1S/C11H11N3O2/c1-2-16-11(15)9-6-10(8-12-7-9)14-5-3-4-13-14/h3-8H,2H2,1H3. The Morgan fingerprint density at radius 3 is 3.06 bits per heavy atom. The summed E-state index contributed by atoms with van der Waals surface area (Å²) in [6, 6.07) is 3.50. The van der Waals surface area contributed by atoms with Crippen LogP contribution in [0.4, 0.5) is 0 Å². The first-order valence-corrected chi connectivity index (χ1v) is 4.93. The van der Waals surface area contributed by atoms with Crippen LogP contribution in [0.3, 0.4) is 0 Å². The van der Waals surface area contributed by atoms with E-state index in [2.05, 4.69) is 10.1 Å². The molecule has 0 N–H and O–H groups in total. The van der Waals surface area contributed by atoms with Crippen molar-refractivity contribution < 1.29 is 9.53 Å². The summed E-state index contributed by atoms with van der Waals surface area (Å²) in [7, 11) is 0. The fourth-order valence-corrected chi connectivity index (χ4v) is 1.30. The summed E-state index contributed by atoms with van der Waals surface area (Å²) in [5, 5.41) is 4.06. The summed E-state index contributed by atoms with van der Waals surface area (Å²) in [6.45, 7) is 2.12. The van der Waals surface area contributed by atoms with Gasteiger partial charge in [0.2, 0.25) is 0 Å². The second-order valence-electron chi connectivity index (χ2n) is 3.10. The van der Waals surface area contributed by atoms with Crippen LogP contribution in [0.1, 0.15) is 17.3 Å². The highest BCUT2D eigenvalue weighted by molar-refractivity contribution is 5.89. The number of rotatable bonds is 3. The molecular weight excluding hydrogens is 206 g/mol. The molecule has 2 aromatic rings. The number of pyridine rings is 1. The van der Waals surface area contributed by atoms with E-state index in [9.17, 15) is 4.79 Å². The minimum absolute atomic E-state index is 0.352. The maximum absolute atomic E-state index is 11.5. The van der Waals surface area contributed by atoms with Gasteiger partial charge in [-0.2, -0.15) is 5.10 Å². The van der Waals surface area contributed by atoms with E-state index in [-0.39, 0.29) is 5.97 Å². The van der Waals surface area contributed by atoms with Crippen molar-refractivity contribution in [1.29, 1.82) is 0 Å². The van der Waals surface area contributed by atoms with Crippen LogP contribution < -0.4 is 0 Å². The van der Waals surface area contributed by atoms with Gasteiger partial charge in [0.1, 0.15) is 0 Å². The molecular formula is C11H11N3O2. The molecule has 2 heterocycles. The number of aromatic nitrogens is 3. The molecule has 2 rings (SSSR count). The van der Waals surface area contributed by atoms with Crippen molar-refractivity contribution in [2.75, 3.05) is 6.61 Å². The van der Waals surface area contributed by atoms with Crippen LogP contribution in [0.2, 0.25) is 0 Å². The maximum atomic E-state index is 11.5. The van der Waals surface area contributed by atoms with Gasteiger partial charge in [-0.05, 0) is 19.1 Å². The van der Waals surface area contributed by atoms with E-state index in [1.165, 1.54) is 6.20 Å². The Kier molecular flexibility index (Phi) is 2.95. The molecule has 0 aliphatic carbocycles. The largest absolute Gasteiger partial charge is 0.462 e. The first-order chi connectivity index (χ1) is 7.81. The molecule has 0 aliphatic heterocycles. The zero-order chi connectivity index (χ0) is 11.4. The minimum Gasteiger partial charge on any atom is -0.462 e. The van der Waals surface area contributed by atoms with Gasteiger partial charge < -0.3 is 4.74 Å². The molecule has 0 unspecified atom stereocenters. The highest BCUT2D eigenvalue weighted by atomic mass is 16.5. The van der Waals surface area contributed by atoms with Gasteiger partial charge in [-0.25, -0.2) is 9.48 Å². The summed E-state index contributed by atoms with van der Waals surface area (Å²) in [6.07, 6.45) is 6.56. The lowest BCUT2D eigenvalue weighted by Crippen LogP contribution is -2.06. The van der Waals surface area contributed by atoms with Crippen LogP contribution in [0.5, 0.6) is 0 Å². The Labute approximate surface area is 92.7 Å². The third-order valence-corrected chi connectivity index (χ3v) is 2.00. The van der Waals surface area contributed by atoms with Crippen molar-refractivity contribution in [2.24, 2.45) is 0 Å². The third kappa shape index (κ3) is 2.08. The number of hydrogen-bond donors (Lipinski definition) is 0. The van der Waals surface area contributed by atoms with Crippen molar-refractivity contribution in [3.8, 4) is 5.69 Å². The molecule has 0 atom stereocenters. The number of carbonyl (C=O) groups excluding carboxylic acids is 1. The van der Waals surface area contributed by atoms with Gasteiger partial charge in [0.25, 0.3) is 0 Å². The summed E-state index contributed by atoms with van der Waals surface area (Å²) >= 11 is 0. The van der Waals surface area contributed by atoms with Crippen LogP contribution in [0.15, 0.2) is 36.9 Å². The number of hydrogen-bond acceptors (Lipinski definition) is 4. The van der Waals surface area contributed by atoms with Crippen molar-refractivity contribution >= 4 is 5.97 Å². The highest BCUT2D eigenvalue weighted by Crippen LogP contribution is 2.08. The molecule has 82 valence electrons. The van der Waals surface area contributed by atoms with Gasteiger partial charge in [0, 0.05) is 18.6 Å². The van der Waals surface area contributed by atoms with Gasteiger partial charge in [-0.1, -0.05) is 0 Å². The third-order valence-electron chi connectivity index (χ3n) is 2.00. The lowest BCUT2D eigenvalue weighted by atomic mass is 10.2. The Morgan fingerprint density at radius 2 is 2.38 bits per heavy atom. The molecule has 0 aliphatic rings. The molecule has 5 nitrogen and oxygen atoms in total. The molecule has 0 bridgehead atoms. The molecule has 0 saturated carbocycles. The summed E-state index contributed by atoms with van der Waals surface area (Å²) < 4.78 is 6.53.